The van der Waals surface area contributed by atoms with Gasteiger partial charge in [0.1, 0.15) is 0 Å². The van der Waals surface area contributed by atoms with E-state index in [2.05, 4.69) is 5.32 Å². The van der Waals surface area contributed by atoms with Crippen LogP contribution in [0.1, 0.15) is 21.5 Å². The topological polar surface area (TPSA) is 125 Å². The molecule has 0 aliphatic carbocycles. The first-order chi connectivity index (χ1) is 11.8. The maximum absolute atomic E-state index is 12.0. The van der Waals surface area contributed by atoms with Crippen molar-refractivity contribution in [2.24, 2.45) is 0 Å². The first-order valence-corrected chi connectivity index (χ1v) is 7.36. The van der Waals surface area contributed by atoms with Gasteiger partial charge in [-0.05, 0) is 31.0 Å². The average Bonchev–Trinajstić information content (AvgIpc) is 2.56. The zero-order chi connectivity index (χ0) is 18.6. The van der Waals surface area contributed by atoms with Gasteiger partial charge in [-0.15, -0.1) is 0 Å². The van der Waals surface area contributed by atoms with Gasteiger partial charge in [-0.25, -0.2) is 4.79 Å². The highest BCUT2D eigenvalue weighted by Crippen LogP contribution is 2.21. The Morgan fingerprint density at radius 3 is 2.44 bits per heavy atom. The smallest absolute Gasteiger partial charge is 0.341 e. The van der Waals surface area contributed by atoms with Crippen molar-refractivity contribution in [3.8, 4) is 0 Å². The molecule has 2 aromatic rings. The fourth-order valence-electron chi connectivity index (χ4n) is 2.23. The van der Waals surface area contributed by atoms with Crippen molar-refractivity contribution in [1.29, 1.82) is 0 Å². The van der Waals surface area contributed by atoms with Crippen molar-refractivity contribution in [1.82, 2.24) is 0 Å². The number of carbonyl (C=O) groups is 2. The van der Waals surface area contributed by atoms with E-state index in [1.54, 1.807) is 0 Å². The summed E-state index contributed by atoms with van der Waals surface area (Å²) in [5.74, 6) is -1.42. The van der Waals surface area contributed by atoms with Gasteiger partial charge in [0.15, 0.2) is 6.61 Å². The van der Waals surface area contributed by atoms with Crippen LogP contribution in [0.25, 0.3) is 0 Å². The number of esters is 1. The molecule has 0 spiro atoms. The molecular weight excluding hydrogens is 326 g/mol. The maximum atomic E-state index is 12.0. The second-order valence-electron chi connectivity index (χ2n) is 5.42. The van der Waals surface area contributed by atoms with Crippen molar-refractivity contribution in [2.45, 2.75) is 13.8 Å². The van der Waals surface area contributed by atoms with E-state index in [0.29, 0.717) is 5.69 Å². The fraction of sp³-hybridized carbons (Fsp3) is 0.176. The molecule has 0 fully saturated rings. The number of para-hydroxylation sites is 1. The van der Waals surface area contributed by atoms with Gasteiger partial charge in [-0.1, -0.05) is 18.2 Å². The van der Waals surface area contributed by atoms with Gasteiger partial charge in [0.2, 0.25) is 0 Å². The number of hydrogen-bond donors (Lipinski definition) is 2. The van der Waals surface area contributed by atoms with E-state index in [1.807, 2.05) is 32.0 Å². The number of amides is 1. The minimum atomic E-state index is -0.905. The van der Waals surface area contributed by atoms with E-state index < -0.39 is 23.4 Å². The average molecular weight is 343 g/mol. The molecule has 0 aliphatic heterocycles. The van der Waals surface area contributed by atoms with Gasteiger partial charge < -0.3 is 15.8 Å². The molecule has 3 N–H and O–H groups in total. The van der Waals surface area contributed by atoms with E-state index in [0.717, 1.165) is 17.2 Å². The summed E-state index contributed by atoms with van der Waals surface area (Å²) >= 11 is 0. The summed E-state index contributed by atoms with van der Waals surface area (Å²) in [5.41, 5.74) is 7.63. The van der Waals surface area contributed by atoms with Gasteiger partial charge >= 0.3 is 5.97 Å². The molecule has 0 saturated carbocycles. The quantitative estimate of drug-likeness (QED) is 0.372. The third kappa shape index (κ3) is 4.31. The monoisotopic (exact) mass is 343 g/mol. The lowest BCUT2D eigenvalue weighted by Gasteiger charge is -2.12. The normalized spacial score (nSPS) is 10.2. The lowest BCUT2D eigenvalue weighted by atomic mass is 10.1. The number of nitrogen functional groups attached to an aromatic ring is 1. The molecule has 2 aromatic carbocycles. The van der Waals surface area contributed by atoms with Crippen molar-refractivity contribution in [3.63, 3.8) is 0 Å². The molecule has 0 bridgehead atoms. The predicted molar refractivity (Wildman–Crippen MR) is 92.3 cm³/mol. The number of nitrogens with two attached hydrogens (primary N) is 1. The molecule has 8 nitrogen and oxygen atoms in total. The summed E-state index contributed by atoms with van der Waals surface area (Å²) in [7, 11) is 0. The SMILES string of the molecule is Cc1cccc(C)c1NC(=O)COC(=O)c1cc([N+](=O)[O-])ccc1N. The summed E-state index contributed by atoms with van der Waals surface area (Å²) in [6.07, 6.45) is 0. The summed E-state index contributed by atoms with van der Waals surface area (Å²) in [6.45, 7) is 3.16. The third-order valence-electron chi connectivity index (χ3n) is 3.55. The van der Waals surface area contributed by atoms with Crippen LogP contribution in [0.4, 0.5) is 17.1 Å². The van der Waals surface area contributed by atoms with Crippen molar-refractivity contribution >= 4 is 28.9 Å². The van der Waals surface area contributed by atoms with Gasteiger partial charge in [0.05, 0.1) is 10.5 Å². The van der Waals surface area contributed by atoms with Crippen LogP contribution in [0.5, 0.6) is 0 Å². The first kappa shape index (κ1) is 17.9. The Morgan fingerprint density at radius 2 is 1.84 bits per heavy atom. The Bertz CT molecular complexity index is 828. The van der Waals surface area contributed by atoms with E-state index >= 15 is 0 Å². The van der Waals surface area contributed by atoms with Crippen molar-refractivity contribution in [2.75, 3.05) is 17.7 Å². The minimum Gasteiger partial charge on any atom is -0.452 e. The number of carbonyl (C=O) groups excluding carboxylic acids is 2. The molecule has 0 radical (unpaired) electrons. The molecule has 0 heterocycles. The largest absolute Gasteiger partial charge is 0.452 e. The molecule has 0 saturated heterocycles. The molecule has 8 heteroatoms. The molecule has 2 rings (SSSR count). The molecule has 0 aromatic heterocycles. The van der Waals surface area contributed by atoms with E-state index in [1.165, 1.54) is 12.1 Å². The highest BCUT2D eigenvalue weighted by Gasteiger charge is 2.18. The summed E-state index contributed by atoms with van der Waals surface area (Å²) in [5, 5.41) is 13.4. The Kier molecular flexibility index (Phi) is 5.33. The van der Waals surface area contributed by atoms with Crippen molar-refractivity contribution in [3.05, 3.63) is 63.2 Å². The van der Waals surface area contributed by atoms with Gasteiger partial charge in [0, 0.05) is 23.5 Å². The van der Waals surface area contributed by atoms with Crippen molar-refractivity contribution < 1.29 is 19.2 Å². The molecule has 0 unspecified atom stereocenters. The molecule has 130 valence electrons. The van der Waals surface area contributed by atoms with E-state index in [-0.39, 0.29) is 16.9 Å². The molecule has 0 atom stereocenters. The van der Waals surface area contributed by atoms with Gasteiger partial charge in [-0.3, -0.25) is 14.9 Å². The second kappa shape index (κ2) is 7.43. The predicted octanol–water partition coefficient (Wildman–Crippen LogP) is 2.59. The highest BCUT2D eigenvalue weighted by atomic mass is 16.6. The molecule has 0 aliphatic rings. The lowest BCUT2D eigenvalue weighted by molar-refractivity contribution is -0.384. The molecular formula is C17H17N3O5. The fourth-order valence-corrected chi connectivity index (χ4v) is 2.23. The number of ether oxygens (including phenoxy) is 1. The number of nitrogens with one attached hydrogen (secondary N) is 1. The minimum absolute atomic E-state index is 0.0331. The third-order valence-corrected chi connectivity index (χ3v) is 3.55. The Morgan fingerprint density at radius 1 is 1.20 bits per heavy atom. The number of non-ortho nitro benzene ring substituents is 1. The lowest BCUT2D eigenvalue weighted by Crippen LogP contribution is -2.22. The van der Waals surface area contributed by atoms with Crippen LogP contribution in [0, 0.1) is 24.0 Å². The number of nitro benzene ring substituents is 1. The van der Waals surface area contributed by atoms with Crippen LogP contribution < -0.4 is 11.1 Å². The maximum Gasteiger partial charge on any atom is 0.341 e. The Hall–Kier alpha value is -3.42. The second-order valence-corrected chi connectivity index (χ2v) is 5.42. The zero-order valence-corrected chi connectivity index (χ0v) is 13.7. The highest BCUT2D eigenvalue weighted by molar-refractivity contribution is 5.99. The number of nitrogens with zero attached hydrogens (tertiary/aromatic N) is 1. The van der Waals surface area contributed by atoms with E-state index in [9.17, 15) is 19.7 Å². The zero-order valence-electron chi connectivity index (χ0n) is 13.7. The Balaban J connectivity index is 2.04. The van der Waals surface area contributed by atoms with E-state index in [4.69, 9.17) is 10.5 Å². The van der Waals surface area contributed by atoms with Crippen LogP contribution in [-0.4, -0.2) is 23.4 Å². The van der Waals surface area contributed by atoms with Gasteiger partial charge in [-0.2, -0.15) is 0 Å². The van der Waals surface area contributed by atoms with Crippen LogP contribution in [0.3, 0.4) is 0 Å². The number of hydrogen-bond acceptors (Lipinski definition) is 6. The van der Waals surface area contributed by atoms with Crippen LogP contribution in [0.2, 0.25) is 0 Å². The number of rotatable bonds is 5. The Labute approximate surface area is 143 Å². The van der Waals surface area contributed by atoms with Gasteiger partial charge in [0.25, 0.3) is 11.6 Å². The van der Waals surface area contributed by atoms with Crippen LogP contribution in [0.15, 0.2) is 36.4 Å². The summed E-state index contributed by atoms with van der Waals surface area (Å²) < 4.78 is 4.90. The molecule has 25 heavy (non-hydrogen) atoms. The number of aryl methyl sites for hydroxylation is 2. The summed E-state index contributed by atoms with van der Waals surface area (Å²) in [6, 6.07) is 8.99. The number of nitro groups is 1. The standard InChI is InChI=1S/C17H17N3O5/c1-10-4-3-5-11(2)16(10)19-15(21)9-25-17(22)13-8-12(20(23)24)6-7-14(13)18/h3-8H,9,18H2,1-2H3,(H,19,21). The van der Waals surface area contributed by atoms with Crippen LogP contribution >= 0.6 is 0 Å². The van der Waals surface area contributed by atoms with Crippen LogP contribution in [-0.2, 0) is 9.53 Å². The number of anilines is 2. The molecule has 1 amide bonds. The summed E-state index contributed by atoms with van der Waals surface area (Å²) in [4.78, 5) is 34.1. The number of benzene rings is 2. The first-order valence-electron chi connectivity index (χ1n) is 7.36.